The van der Waals surface area contributed by atoms with Gasteiger partial charge in [0.25, 0.3) is 0 Å². The van der Waals surface area contributed by atoms with E-state index < -0.39 is 0 Å². The molecule has 0 aromatic heterocycles. The summed E-state index contributed by atoms with van der Waals surface area (Å²) in [6.07, 6.45) is 0.974. The van der Waals surface area contributed by atoms with Crippen LogP contribution in [0, 0.1) is 5.82 Å². The molecular formula is C20H23FN2O. The summed E-state index contributed by atoms with van der Waals surface area (Å²) in [6, 6.07) is 14.3. The van der Waals surface area contributed by atoms with Crippen LogP contribution in [0.2, 0.25) is 0 Å². The Kier molecular flexibility index (Phi) is 4.95. The van der Waals surface area contributed by atoms with Gasteiger partial charge >= 0.3 is 0 Å². The van der Waals surface area contributed by atoms with Crippen molar-refractivity contribution in [3.05, 3.63) is 71.0 Å². The molecule has 3 rings (SSSR count). The van der Waals surface area contributed by atoms with E-state index in [-0.39, 0.29) is 23.8 Å². The van der Waals surface area contributed by atoms with Crippen LogP contribution in [-0.4, -0.2) is 23.4 Å². The van der Waals surface area contributed by atoms with Crippen molar-refractivity contribution in [3.63, 3.8) is 0 Å². The van der Waals surface area contributed by atoms with Gasteiger partial charge in [-0.1, -0.05) is 36.4 Å². The van der Waals surface area contributed by atoms with Crippen molar-refractivity contribution in [2.45, 2.75) is 38.9 Å². The van der Waals surface area contributed by atoms with E-state index in [1.165, 1.54) is 23.3 Å². The van der Waals surface area contributed by atoms with Crippen molar-refractivity contribution >= 4 is 5.91 Å². The predicted octanol–water partition coefficient (Wildman–Crippen LogP) is 3.45. The van der Waals surface area contributed by atoms with Gasteiger partial charge in [-0.2, -0.15) is 0 Å². The number of halogens is 1. The number of amides is 1. The van der Waals surface area contributed by atoms with E-state index in [0.717, 1.165) is 25.1 Å². The molecule has 2 atom stereocenters. The molecular weight excluding hydrogens is 303 g/mol. The van der Waals surface area contributed by atoms with Gasteiger partial charge in [0, 0.05) is 13.1 Å². The summed E-state index contributed by atoms with van der Waals surface area (Å²) in [6.45, 7) is 5.55. The van der Waals surface area contributed by atoms with Gasteiger partial charge in [-0.05, 0) is 49.1 Å². The minimum atomic E-state index is -0.266. The summed E-state index contributed by atoms with van der Waals surface area (Å²) < 4.78 is 13.0. The fourth-order valence-corrected chi connectivity index (χ4v) is 3.18. The molecule has 3 nitrogen and oxygen atoms in total. The van der Waals surface area contributed by atoms with Crippen molar-refractivity contribution in [1.29, 1.82) is 0 Å². The molecule has 1 N–H and O–H groups in total. The molecule has 1 aliphatic rings. The second-order valence-corrected chi connectivity index (χ2v) is 6.45. The minimum Gasteiger partial charge on any atom is -0.348 e. The van der Waals surface area contributed by atoms with E-state index in [1.54, 1.807) is 12.1 Å². The molecule has 0 radical (unpaired) electrons. The van der Waals surface area contributed by atoms with Crippen LogP contribution in [0.5, 0.6) is 0 Å². The van der Waals surface area contributed by atoms with Gasteiger partial charge in [0.2, 0.25) is 5.91 Å². The second kappa shape index (κ2) is 7.14. The molecule has 1 amide bonds. The van der Waals surface area contributed by atoms with Crippen LogP contribution in [0.15, 0.2) is 48.5 Å². The van der Waals surface area contributed by atoms with Crippen molar-refractivity contribution < 1.29 is 9.18 Å². The number of nitrogens with zero attached hydrogens (tertiary/aromatic N) is 1. The minimum absolute atomic E-state index is 0.00575. The molecule has 126 valence electrons. The summed E-state index contributed by atoms with van der Waals surface area (Å²) in [7, 11) is 0. The van der Waals surface area contributed by atoms with E-state index in [0.29, 0.717) is 0 Å². The topological polar surface area (TPSA) is 32.3 Å². The number of nitrogens with one attached hydrogen (secondary N) is 1. The summed E-state index contributed by atoms with van der Waals surface area (Å²) in [5, 5.41) is 3.03. The fourth-order valence-electron chi connectivity index (χ4n) is 3.18. The van der Waals surface area contributed by atoms with Gasteiger partial charge in [0.15, 0.2) is 0 Å². The zero-order valence-corrected chi connectivity index (χ0v) is 14.1. The van der Waals surface area contributed by atoms with Crippen LogP contribution >= 0.6 is 0 Å². The first-order valence-electron chi connectivity index (χ1n) is 8.41. The Labute approximate surface area is 142 Å². The molecule has 24 heavy (non-hydrogen) atoms. The van der Waals surface area contributed by atoms with Gasteiger partial charge in [-0.25, -0.2) is 4.39 Å². The lowest BCUT2D eigenvalue weighted by Gasteiger charge is -2.33. The predicted molar refractivity (Wildman–Crippen MR) is 93.0 cm³/mol. The normalized spacial score (nSPS) is 17.0. The molecule has 0 bridgehead atoms. The van der Waals surface area contributed by atoms with Crippen LogP contribution in [0.4, 0.5) is 4.39 Å². The monoisotopic (exact) mass is 326 g/mol. The van der Waals surface area contributed by atoms with Crippen LogP contribution in [0.1, 0.15) is 36.6 Å². The lowest BCUT2D eigenvalue weighted by Crippen LogP contribution is -2.47. The maximum absolute atomic E-state index is 13.0. The summed E-state index contributed by atoms with van der Waals surface area (Å²) in [5.41, 5.74) is 3.58. The van der Waals surface area contributed by atoms with E-state index in [1.807, 2.05) is 19.9 Å². The fraction of sp³-hybridized carbons (Fsp3) is 0.350. The van der Waals surface area contributed by atoms with Crippen molar-refractivity contribution in [1.82, 2.24) is 10.2 Å². The highest BCUT2D eigenvalue weighted by atomic mass is 19.1. The molecule has 4 heteroatoms. The maximum Gasteiger partial charge on any atom is 0.237 e. The number of carbonyl (C=O) groups is 1. The highest BCUT2D eigenvalue weighted by Crippen LogP contribution is 2.21. The molecule has 1 heterocycles. The van der Waals surface area contributed by atoms with Gasteiger partial charge in [-0.3, -0.25) is 9.69 Å². The van der Waals surface area contributed by atoms with E-state index in [9.17, 15) is 9.18 Å². The standard InChI is InChI=1S/C20H23FN2O/c1-14(16-7-9-19(21)10-8-16)22-20(24)15(2)23-12-11-17-5-3-4-6-18(17)13-23/h3-10,14-15H,11-13H2,1-2H3,(H,22,24). The van der Waals surface area contributed by atoms with Crippen molar-refractivity contribution in [3.8, 4) is 0 Å². The Morgan fingerprint density at radius 3 is 2.46 bits per heavy atom. The van der Waals surface area contributed by atoms with Crippen LogP contribution < -0.4 is 5.32 Å². The molecule has 2 aromatic rings. The second-order valence-electron chi connectivity index (χ2n) is 6.45. The van der Waals surface area contributed by atoms with Crippen molar-refractivity contribution in [2.75, 3.05) is 6.54 Å². The molecule has 1 aliphatic heterocycles. The third-order valence-electron chi connectivity index (χ3n) is 4.82. The van der Waals surface area contributed by atoms with Crippen LogP contribution in [0.3, 0.4) is 0 Å². The number of rotatable bonds is 4. The third-order valence-corrected chi connectivity index (χ3v) is 4.82. The average molecular weight is 326 g/mol. The first kappa shape index (κ1) is 16.7. The summed E-state index contributed by atoms with van der Waals surface area (Å²) >= 11 is 0. The molecule has 0 saturated heterocycles. The number of benzene rings is 2. The van der Waals surface area contributed by atoms with Crippen LogP contribution in [-0.2, 0) is 17.8 Å². The highest BCUT2D eigenvalue weighted by molar-refractivity contribution is 5.81. The number of hydrogen-bond acceptors (Lipinski definition) is 2. The Morgan fingerprint density at radius 2 is 1.75 bits per heavy atom. The van der Waals surface area contributed by atoms with Crippen molar-refractivity contribution in [2.24, 2.45) is 0 Å². The first-order valence-corrected chi connectivity index (χ1v) is 8.41. The Bertz CT molecular complexity index is 714. The van der Waals surface area contributed by atoms with E-state index in [2.05, 4.69) is 28.4 Å². The maximum atomic E-state index is 13.0. The number of fused-ring (bicyclic) bond motifs is 1. The SMILES string of the molecule is CC(NC(=O)C(C)N1CCc2ccccc2C1)c1ccc(F)cc1. The summed E-state index contributed by atoms with van der Waals surface area (Å²) in [5.74, 6) is -0.260. The molecule has 0 spiro atoms. The molecule has 0 fully saturated rings. The average Bonchev–Trinajstić information content (AvgIpc) is 2.61. The van der Waals surface area contributed by atoms with Gasteiger partial charge in [-0.15, -0.1) is 0 Å². The summed E-state index contributed by atoms with van der Waals surface area (Å²) in [4.78, 5) is 14.8. The number of carbonyl (C=O) groups excluding carboxylic acids is 1. The first-order chi connectivity index (χ1) is 11.5. The van der Waals surface area contributed by atoms with E-state index in [4.69, 9.17) is 0 Å². The van der Waals surface area contributed by atoms with Crippen LogP contribution in [0.25, 0.3) is 0 Å². The van der Waals surface area contributed by atoms with Gasteiger partial charge < -0.3 is 5.32 Å². The molecule has 2 aromatic carbocycles. The van der Waals surface area contributed by atoms with E-state index >= 15 is 0 Å². The zero-order chi connectivity index (χ0) is 17.1. The lowest BCUT2D eigenvalue weighted by atomic mass is 9.98. The highest BCUT2D eigenvalue weighted by Gasteiger charge is 2.26. The number of hydrogen-bond donors (Lipinski definition) is 1. The molecule has 0 saturated carbocycles. The Hall–Kier alpha value is -2.20. The quantitative estimate of drug-likeness (QED) is 0.933. The third kappa shape index (κ3) is 3.65. The lowest BCUT2D eigenvalue weighted by molar-refractivity contribution is -0.126. The Morgan fingerprint density at radius 1 is 1.08 bits per heavy atom. The molecule has 2 unspecified atom stereocenters. The van der Waals surface area contributed by atoms with Gasteiger partial charge in [0.1, 0.15) is 5.82 Å². The largest absolute Gasteiger partial charge is 0.348 e. The molecule has 0 aliphatic carbocycles. The Balaban J connectivity index is 1.62. The van der Waals surface area contributed by atoms with Gasteiger partial charge in [0.05, 0.1) is 12.1 Å². The zero-order valence-electron chi connectivity index (χ0n) is 14.1. The smallest absolute Gasteiger partial charge is 0.237 e.